The Labute approximate surface area is 113 Å². The Hall–Kier alpha value is -0.0800. The van der Waals surface area contributed by atoms with Crippen LogP contribution in [0, 0.1) is 5.41 Å². The minimum atomic E-state index is -0.427. The highest BCUT2D eigenvalue weighted by Crippen LogP contribution is 2.36. The van der Waals surface area contributed by atoms with E-state index in [1.54, 1.807) is 0 Å². The molecule has 2 N–H and O–H groups in total. The Balaban J connectivity index is 1.85. The third-order valence-electron chi connectivity index (χ3n) is 5.22. The second kappa shape index (κ2) is 5.92. The fourth-order valence-electron chi connectivity index (χ4n) is 3.75. The first kappa shape index (κ1) is 14.3. The van der Waals surface area contributed by atoms with Crippen LogP contribution >= 0.6 is 0 Å². The minimum absolute atomic E-state index is 0.402. The Morgan fingerprint density at radius 2 is 1.56 bits per heavy atom. The lowest BCUT2D eigenvalue weighted by molar-refractivity contribution is 0.0148. The maximum atomic E-state index is 10.7. The molecule has 18 heavy (non-hydrogen) atoms. The van der Waals surface area contributed by atoms with Gasteiger partial charge < -0.3 is 10.4 Å². The highest BCUT2D eigenvalue weighted by Gasteiger charge is 2.34. The zero-order chi connectivity index (χ0) is 13.1. The summed E-state index contributed by atoms with van der Waals surface area (Å²) in [4.78, 5) is 0. The predicted octanol–water partition coefficient (Wildman–Crippen LogP) is 3.63. The van der Waals surface area contributed by atoms with Gasteiger partial charge in [-0.25, -0.2) is 0 Å². The molecule has 2 heteroatoms. The molecule has 2 saturated carbocycles. The molecule has 0 heterocycles. The van der Waals surface area contributed by atoms with Crippen LogP contribution in [0.5, 0.6) is 0 Å². The van der Waals surface area contributed by atoms with Crippen molar-refractivity contribution in [2.45, 2.75) is 89.7 Å². The molecule has 0 saturated heterocycles. The quantitative estimate of drug-likeness (QED) is 0.753. The molecule has 0 bridgehead atoms. The van der Waals surface area contributed by atoms with Crippen molar-refractivity contribution >= 4 is 0 Å². The van der Waals surface area contributed by atoms with Gasteiger partial charge in [-0.2, -0.15) is 0 Å². The average molecular weight is 253 g/mol. The van der Waals surface area contributed by atoms with Gasteiger partial charge in [0.15, 0.2) is 0 Å². The van der Waals surface area contributed by atoms with E-state index in [0.717, 1.165) is 19.4 Å². The summed E-state index contributed by atoms with van der Waals surface area (Å²) in [5, 5.41) is 14.4. The van der Waals surface area contributed by atoms with Gasteiger partial charge in [0.2, 0.25) is 0 Å². The maximum absolute atomic E-state index is 10.7. The van der Waals surface area contributed by atoms with E-state index in [0.29, 0.717) is 11.5 Å². The highest BCUT2D eigenvalue weighted by molar-refractivity contribution is 4.91. The van der Waals surface area contributed by atoms with Crippen molar-refractivity contribution in [3.63, 3.8) is 0 Å². The smallest absolute Gasteiger partial charge is 0.0771 e. The molecule has 2 aliphatic rings. The highest BCUT2D eigenvalue weighted by atomic mass is 16.3. The van der Waals surface area contributed by atoms with Gasteiger partial charge in [-0.1, -0.05) is 52.4 Å². The van der Waals surface area contributed by atoms with Gasteiger partial charge in [-0.3, -0.25) is 0 Å². The van der Waals surface area contributed by atoms with Crippen LogP contribution < -0.4 is 5.32 Å². The van der Waals surface area contributed by atoms with Gasteiger partial charge in [0.1, 0.15) is 0 Å². The lowest BCUT2D eigenvalue weighted by Gasteiger charge is -2.41. The molecule has 2 rings (SSSR count). The molecule has 2 nitrogen and oxygen atoms in total. The van der Waals surface area contributed by atoms with Gasteiger partial charge in [0.25, 0.3) is 0 Å². The molecule has 2 aliphatic carbocycles. The summed E-state index contributed by atoms with van der Waals surface area (Å²) in [6.45, 7) is 5.56. The summed E-state index contributed by atoms with van der Waals surface area (Å²) < 4.78 is 0. The minimum Gasteiger partial charge on any atom is -0.389 e. The third-order valence-corrected chi connectivity index (χ3v) is 5.22. The van der Waals surface area contributed by atoms with E-state index >= 15 is 0 Å². The molecule has 0 aliphatic heterocycles. The average Bonchev–Trinajstić information content (AvgIpc) is 2.53. The lowest BCUT2D eigenvalue weighted by Crippen LogP contribution is -2.50. The van der Waals surface area contributed by atoms with E-state index in [1.165, 1.54) is 51.4 Å². The Morgan fingerprint density at radius 1 is 0.944 bits per heavy atom. The lowest BCUT2D eigenvalue weighted by atomic mass is 9.73. The molecule has 0 radical (unpaired) electrons. The van der Waals surface area contributed by atoms with Crippen molar-refractivity contribution in [1.29, 1.82) is 0 Å². The van der Waals surface area contributed by atoms with Crippen molar-refractivity contribution < 1.29 is 5.11 Å². The molecular weight excluding hydrogens is 222 g/mol. The van der Waals surface area contributed by atoms with Crippen LogP contribution in [0.2, 0.25) is 0 Å². The van der Waals surface area contributed by atoms with Gasteiger partial charge in [-0.05, 0) is 31.1 Å². The summed E-state index contributed by atoms with van der Waals surface area (Å²) >= 11 is 0. The fraction of sp³-hybridized carbons (Fsp3) is 1.00. The maximum Gasteiger partial charge on any atom is 0.0771 e. The van der Waals surface area contributed by atoms with Gasteiger partial charge >= 0.3 is 0 Å². The van der Waals surface area contributed by atoms with Crippen molar-refractivity contribution in [2.24, 2.45) is 5.41 Å². The third kappa shape index (κ3) is 3.71. The molecule has 0 amide bonds. The van der Waals surface area contributed by atoms with Crippen LogP contribution in [0.15, 0.2) is 0 Å². The molecule has 0 aromatic carbocycles. The van der Waals surface area contributed by atoms with Crippen molar-refractivity contribution in [2.75, 3.05) is 6.54 Å². The van der Waals surface area contributed by atoms with E-state index < -0.39 is 5.60 Å². The van der Waals surface area contributed by atoms with Crippen molar-refractivity contribution in [1.82, 2.24) is 5.32 Å². The molecule has 106 valence electrons. The van der Waals surface area contributed by atoms with Crippen LogP contribution in [0.3, 0.4) is 0 Å². The molecule has 0 aromatic heterocycles. The number of aliphatic hydroxyl groups is 1. The van der Waals surface area contributed by atoms with E-state index in [9.17, 15) is 5.11 Å². The van der Waals surface area contributed by atoms with E-state index in [1.807, 2.05) is 0 Å². The Bertz CT molecular complexity index is 254. The normalized spacial score (nSPS) is 31.8. The standard InChI is InChI=1S/C16H31NO/c1-15(2)10-8-5-9-14(15)17-13-16(18)11-6-3-4-7-12-16/h14,17-18H,3-13H2,1-2H3. The zero-order valence-electron chi connectivity index (χ0n) is 12.3. The van der Waals surface area contributed by atoms with Gasteiger partial charge in [-0.15, -0.1) is 0 Å². The topological polar surface area (TPSA) is 32.3 Å². The van der Waals surface area contributed by atoms with Crippen molar-refractivity contribution in [3.05, 3.63) is 0 Å². The SMILES string of the molecule is CC1(C)CCCCC1NCC1(O)CCCCCC1. The second-order valence-corrected chi connectivity index (χ2v) is 7.31. The summed E-state index contributed by atoms with van der Waals surface area (Å²) in [6, 6.07) is 0.596. The molecule has 1 atom stereocenters. The summed E-state index contributed by atoms with van der Waals surface area (Å²) in [7, 11) is 0. The number of nitrogens with one attached hydrogen (secondary N) is 1. The zero-order valence-corrected chi connectivity index (χ0v) is 12.3. The summed E-state index contributed by atoms with van der Waals surface area (Å²) in [6.07, 6.45) is 12.3. The summed E-state index contributed by atoms with van der Waals surface area (Å²) in [5.74, 6) is 0. The van der Waals surface area contributed by atoms with E-state index in [4.69, 9.17) is 0 Å². The van der Waals surface area contributed by atoms with Crippen LogP contribution in [-0.4, -0.2) is 23.3 Å². The first-order valence-electron chi connectivity index (χ1n) is 7.98. The van der Waals surface area contributed by atoms with Crippen LogP contribution in [0.4, 0.5) is 0 Å². The van der Waals surface area contributed by atoms with Crippen molar-refractivity contribution in [3.8, 4) is 0 Å². The number of hydrogen-bond acceptors (Lipinski definition) is 2. The predicted molar refractivity (Wildman–Crippen MR) is 76.7 cm³/mol. The largest absolute Gasteiger partial charge is 0.389 e. The molecule has 2 fully saturated rings. The van der Waals surface area contributed by atoms with Gasteiger partial charge in [0.05, 0.1) is 5.60 Å². The van der Waals surface area contributed by atoms with Gasteiger partial charge in [0, 0.05) is 12.6 Å². The van der Waals surface area contributed by atoms with E-state index in [2.05, 4.69) is 19.2 Å². The number of hydrogen-bond donors (Lipinski definition) is 2. The summed E-state index contributed by atoms with van der Waals surface area (Å²) in [5.41, 5.74) is -0.0244. The van der Waals surface area contributed by atoms with Crippen LogP contribution in [-0.2, 0) is 0 Å². The number of rotatable bonds is 3. The first-order valence-corrected chi connectivity index (χ1v) is 7.98. The Morgan fingerprint density at radius 3 is 2.17 bits per heavy atom. The van der Waals surface area contributed by atoms with Crippen LogP contribution in [0.25, 0.3) is 0 Å². The van der Waals surface area contributed by atoms with E-state index in [-0.39, 0.29) is 0 Å². The molecule has 0 spiro atoms. The Kier molecular flexibility index (Phi) is 4.71. The van der Waals surface area contributed by atoms with Crippen LogP contribution in [0.1, 0.15) is 78.1 Å². The monoisotopic (exact) mass is 253 g/mol. The molecule has 1 unspecified atom stereocenters. The fourth-order valence-corrected chi connectivity index (χ4v) is 3.75. The first-order chi connectivity index (χ1) is 8.52. The second-order valence-electron chi connectivity index (χ2n) is 7.31. The molecular formula is C16H31NO. The molecule has 0 aromatic rings.